The minimum atomic E-state index is -0.713. The van der Waals surface area contributed by atoms with Crippen molar-refractivity contribution < 1.29 is 8.78 Å². The maximum Gasteiger partial charge on any atom is 0.144 e. The van der Waals surface area contributed by atoms with Crippen LogP contribution in [-0.4, -0.2) is 0 Å². The summed E-state index contributed by atoms with van der Waals surface area (Å²) in [6.07, 6.45) is 14.0. The standard InChI is InChI=1S/C23H31F2N/c1-2-3-4-16-5-7-17(8-6-16)18-9-11-19(12-10-18)20-13-22(24)21(15-26)23(25)14-20/h13-14,16-19H,2-12H2,1H3/t16-,17-,18-,19-. The third-order valence-corrected chi connectivity index (χ3v) is 6.94. The number of benzene rings is 1. The Hall–Kier alpha value is -1.43. The highest BCUT2D eigenvalue weighted by atomic mass is 19.1. The van der Waals surface area contributed by atoms with E-state index in [1.54, 1.807) is 6.07 Å². The van der Waals surface area contributed by atoms with Crippen molar-refractivity contribution in [3.63, 3.8) is 0 Å². The molecule has 3 rings (SSSR count). The number of hydrogen-bond acceptors (Lipinski definition) is 1. The van der Waals surface area contributed by atoms with E-state index in [2.05, 4.69) is 6.92 Å². The first kappa shape index (κ1) is 19.3. The third-order valence-electron chi connectivity index (χ3n) is 6.94. The van der Waals surface area contributed by atoms with Crippen molar-refractivity contribution in [2.45, 2.75) is 83.5 Å². The van der Waals surface area contributed by atoms with Crippen molar-refractivity contribution in [1.82, 2.24) is 0 Å². The van der Waals surface area contributed by atoms with Crippen LogP contribution in [-0.2, 0) is 0 Å². The van der Waals surface area contributed by atoms with Gasteiger partial charge in [-0.1, -0.05) is 39.0 Å². The molecule has 26 heavy (non-hydrogen) atoms. The van der Waals surface area contributed by atoms with E-state index in [-0.39, 0.29) is 5.92 Å². The second-order valence-corrected chi connectivity index (χ2v) is 8.51. The van der Waals surface area contributed by atoms with Crippen molar-refractivity contribution >= 4 is 0 Å². The molecule has 2 aliphatic rings. The summed E-state index contributed by atoms with van der Waals surface area (Å²) in [7, 11) is 0. The fourth-order valence-corrected chi connectivity index (χ4v) is 5.30. The lowest BCUT2D eigenvalue weighted by atomic mass is 9.68. The molecule has 2 aliphatic carbocycles. The van der Waals surface area contributed by atoms with Crippen LogP contribution in [0.4, 0.5) is 8.78 Å². The molecule has 0 unspecified atom stereocenters. The number of nitriles is 1. The Labute approximate surface area is 156 Å². The van der Waals surface area contributed by atoms with Gasteiger partial charge >= 0.3 is 0 Å². The Morgan fingerprint density at radius 1 is 0.923 bits per heavy atom. The zero-order valence-electron chi connectivity index (χ0n) is 15.9. The Kier molecular flexibility index (Phi) is 6.68. The molecule has 0 aliphatic heterocycles. The first-order valence-corrected chi connectivity index (χ1v) is 10.5. The topological polar surface area (TPSA) is 23.8 Å². The van der Waals surface area contributed by atoms with Crippen LogP contribution >= 0.6 is 0 Å². The lowest BCUT2D eigenvalue weighted by molar-refractivity contribution is 0.156. The van der Waals surface area contributed by atoms with Gasteiger partial charge in [-0.15, -0.1) is 0 Å². The van der Waals surface area contributed by atoms with Gasteiger partial charge in [0.05, 0.1) is 0 Å². The van der Waals surface area contributed by atoms with Gasteiger partial charge < -0.3 is 0 Å². The van der Waals surface area contributed by atoms with E-state index in [9.17, 15) is 8.78 Å². The number of rotatable bonds is 5. The zero-order valence-corrected chi connectivity index (χ0v) is 15.9. The first-order chi connectivity index (χ1) is 12.6. The number of hydrogen-bond donors (Lipinski definition) is 0. The molecule has 0 radical (unpaired) electrons. The van der Waals surface area contributed by atoms with Crippen LogP contribution in [0, 0.1) is 40.7 Å². The molecule has 3 heteroatoms. The van der Waals surface area contributed by atoms with Gasteiger partial charge in [-0.25, -0.2) is 8.78 Å². The second kappa shape index (κ2) is 8.98. The van der Waals surface area contributed by atoms with Crippen LogP contribution in [0.1, 0.15) is 94.6 Å². The molecule has 0 amide bonds. The Morgan fingerprint density at radius 2 is 1.46 bits per heavy atom. The van der Waals surface area contributed by atoms with E-state index >= 15 is 0 Å². The molecule has 0 aromatic heterocycles. The Morgan fingerprint density at radius 3 is 1.96 bits per heavy atom. The molecule has 1 aromatic carbocycles. The van der Waals surface area contributed by atoms with Crippen LogP contribution in [0.3, 0.4) is 0 Å². The van der Waals surface area contributed by atoms with E-state index < -0.39 is 17.2 Å². The molecule has 0 bridgehead atoms. The van der Waals surface area contributed by atoms with Crippen molar-refractivity contribution in [2.24, 2.45) is 17.8 Å². The normalized spacial score (nSPS) is 29.3. The third kappa shape index (κ3) is 4.45. The van der Waals surface area contributed by atoms with Gasteiger partial charge in [0, 0.05) is 0 Å². The maximum absolute atomic E-state index is 13.9. The van der Waals surface area contributed by atoms with Crippen LogP contribution in [0.2, 0.25) is 0 Å². The summed E-state index contributed by atoms with van der Waals surface area (Å²) in [6, 6.07) is 4.37. The minimum absolute atomic E-state index is 0.240. The summed E-state index contributed by atoms with van der Waals surface area (Å²) in [5, 5.41) is 8.82. The average Bonchev–Trinajstić information content (AvgIpc) is 2.67. The molecule has 2 saturated carbocycles. The summed E-state index contributed by atoms with van der Waals surface area (Å²) < 4.78 is 27.8. The summed E-state index contributed by atoms with van der Waals surface area (Å²) in [6.45, 7) is 2.27. The predicted octanol–water partition coefficient (Wildman–Crippen LogP) is 7.11. The molecular weight excluding hydrogens is 328 g/mol. The summed E-state index contributed by atoms with van der Waals surface area (Å²) in [4.78, 5) is 0. The van der Waals surface area contributed by atoms with Gasteiger partial charge in [-0.05, 0) is 79.9 Å². The fourth-order valence-electron chi connectivity index (χ4n) is 5.30. The molecule has 1 nitrogen and oxygen atoms in total. The molecule has 142 valence electrons. The molecular formula is C23H31F2N. The average molecular weight is 360 g/mol. The van der Waals surface area contributed by atoms with Crippen LogP contribution in [0.25, 0.3) is 0 Å². The highest BCUT2D eigenvalue weighted by molar-refractivity contribution is 5.36. The molecule has 0 atom stereocenters. The van der Waals surface area contributed by atoms with Crippen molar-refractivity contribution in [3.8, 4) is 6.07 Å². The van der Waals surface area contributed by atoms with E-state index in [0.717, 1.165) is 36.2 Å². The van der Waals surface area contributed by atoms with Gasteiger partial charge in [0.15, 0.2) is 0 Å². The SMILES string of the molecule is CCCC[C@H]1CC[C@H]([C@H]2CC[C@H](c3cc(F)c(C#N)c(F)c3)CC2)CC1. The summed E-state index contributed by atoms with van der Waals surface area (Å²) in [5.74, 6) is 1.43. The number of halogens is 2. The van der Waals surface area contributed by atoms with Gasteiger partial charge in [-0.2, -0.15) is 5.26 Å². The highest BCUT2D eigenvalue weighted by Crippen LogP contribution is 2.44. The first-order valence-electron chi connectivity index (χ1n) is 10.5. The second-order valence-electron chi connectivity index (χ2n) is 8.51. The van der Waals surface area contributed by atoms with Crippen molar-refractivity contribution in [1.29, 1.82) is 5.26 Å². The Bertz CT molecular complexity index is 609. The van der Waals surface area contributed by atoms with E-state index in [0.29, 0.717) is 0 Å². The Balaban J connectivity index is 1.52. The largest absolute Gasteiger partial charge is 0.205 e. The zero-order chi connectivity index (χ0) is 18.5. The molecule has 0 N–H and O–H groups in total. The van der Waals surface area contributed by atoms with Gasteiger partial charge in [0.2, 0.25) is 0 Å². The van der Waals surface area contributed by atoms with E-state index in [4.69, 9.17) is 5.26 Å². The van der Waals surface area contributed by atoms with Crippen molar-refractivity contribution in [3.05, 3.63) is 34.9 Å². The minimum Gasteiger partial charge on any atom is -0.205 e. The molecule has 1 aromatic rings. The van der Waals surface area contributed by atoms with Crippen molar-refractivity contribution in [2.75, 3.05) is 0 Å². The summed E-state index contributed by atoms with van der Waals surface area (Å²) >= 11 is 0. The number of unbranched alkanes of at least 4 members (excludes halogenated alkanes) is 1. The van der Waals surface area contributed by atoms with Crippen LogP contribution in [0.5, 0.6) is 0 Å². The molecule has 0 heterocycles. The molecule has 0 spiro atoms. The van der Waals surface area contributed by atoms with E-state index in [1.807, 2.05) is 0 Å². The molecule has 2 fully saturated rings. The number of nitrogens with zero attached hydrogens (tertiary/aromatic N) is 1. The quantitative estimate of drug-likeness (QED) is 0.549. The maximum atomic E-state index is 13.9. The fraction of sp³-hybridized carbons (Fsp3) is 0.696. The molecule has 0 saturated heterocycles. The van der Waals surface area contributed by atoms with E-state index in [1.165, 1.54) is 69.9 Å². The summed E-state index contributed by atoms with van der Waals surface area (Å²) in [5.41, 5.74) is 0.281. The van der Waals surface area contributed by atoms with Gasteiger partial charge in [0.1, 0.15) is 23.3 Å². The monoisotopic (exact) mass is 359 g/mol. The van der Waals surface area contributed by atoms with Crippen LogP contribution in [0.15, 0.2) is 12.1 Å². The van der Waals surface area contributed by atoms with Gasteiger partial charge in [-0.3, -0.25) is 0 Å². The predicted molar refractivity (Wildman–Crippen MR) is 101 cm³/mol. The van der Waals surface area contributed by atoms with Crippen LogP contribution < -0.4 is 0 Å². The highest BCUT2D eigenvalue weighted by Gasteiger charge is 2.31. The lowest BCUT2D eigenvalue weighted by Gasteiger charge is -2.38. The smallest absolute Gasteiger partial charge is 0.144 e. The lowest BCUT2D eigenvalue weighted by Crippen LogP contribution is -2.25. The van der Waals surface area contributed by atoms with Gasteiger partial charge in [0.25, 0.3) is 0 Å².